The molecule has 13 heavy (non-hydrogen) atoms. The Kier molecular flexibility index (Phi) is 8.38. The predicted molar refractivity (Wildman–Crippen MR) is 54.1 cm³/mol. The van der Waals surface area contributed by atoms with Crippen LogP contribution in [0, 0.1) is 0 Å². The number of hydrogen-bond donors (Lipinski definition) is 1. The maximum atomic E-state index is 11.1. The van der Waals surface area contributed by atoms with Gasteiger partial charge in [0, 0.05) is 18.5 Å². The first-order chi connectivity index (χ1) is 6.20. The van der Waals surface area contributed by atoms with Gasteiger partial charge in [0.05, 0.1) is 13.2 Å². The lowest BCUT2D eigenvalue weighted by molar-refractivity contribution is -0.126. The van der Waals surface area contributed by atoms with E-state index in [1.807, 2.05) is 6.92 Å². The molecule has 78 valence electrons. The minimum Gasteiger partial charge on any atom is -0.382 e. The summed E-state index contributed by atoms with van der Waals surface area (Å²) in [6.07, 6.45) is 0. The molecule has 0 radical (unpaired) electrons. The molecule has 0 heterocycles. The minimum absolute atomic E-state index is 0.0944. The molecule has 0 aliphatic heterocycles. The van der Waals surface area contributed by atoms with Crippen LogP contribution in [0.15, 0.2) is 0 Å². The molecule has 1 N–H and O–H groups in total. The maximum absolute atomic E-state index is 11.1. The average molecular weight is 254 g/mol. The van der Waals surface area contributed by atoms with Crippen LogP contribution in [0.3, 0.4) is 0 Å². The molecule has 1 atom stereocenters. The third-order valence-electron chi connectivity index (χ3n) is 1.30. The van der Waals surface area contributed by atoms with Gasteiger partial charge >= 0.3 is 0 Å². The van der Waals surface area contributed by atoms with Crippen molar-refractivity contribution in [3.63, 3.8) is 0 Å². The number of amides is 1. The van der Waals surface area contributed by atoms with Crippen LogP contribution < -0.4 is 5.32 Å². The van der Waals surface area contributed by atoms with Gasteiger partial charge < -0.3 is 14.8 Å². The first-order valence-corrected chi connectivity index (χ1v) is 5.24. The number of hydrogen-bond acceptors (Lipinski definition) is 3. The van der Waals surface area contributed by atoms with E-state index in [4.69, 9.17) is 9.47 Å². The number of ether oxygens (including phenoxy) is 2. The highest BCUT2D eigenvalue weighted by atomic mass is 79.9. The van der Waals surface area contributed by atoms with E-state index >= 15 is 0 Å². The van der Waals surface area contributed by atoms with Crippen molar-refractivity contribution < 1.29 is 14.3 Å². The summed E-state index contributed by atoms with van der Waals surface area (Å²) in [7, 11) is 1.59. The van der Waals surface area contributed by atoms with E-state index in [0.29, 0.717) is 13.2 Å². The van der Waals surface area contributed by atoms with Crippen molar-refractivity contribution in [2.75, 3.05) is 32.3 Å². The molecular formula is C8H16BrNO3. The molecule has 0 fully saturated rings. The summed E-state index contributed by atoms with van der Waals surface area (Å²) in [4.78, 5) is 11.1. The van der Waals surface area contributed by atoms with Gasteiger partial charge in [0.2, 0.25) is 5.91 Å². The van der Waals surface area contributed by atoms with Crippen molar-refractivity contribution in [1.29, 1.82) is 0 Å². The molecule has 0 bridgehead atoms. The number of rotatable bonds is 7. The first kappa shape index (κ1) is 12.9. The highest BCUT2D eigenvalue weighted by Gasteiger charge is 2.04. The molecular weight excluding hydrogens is 238 g/mol. The Bertz CT molecular complexity index is 143. The van der Waals surface area contributed by atoms with Gasteiger partial charge in [-0.05, 0) is 6.92 Å². The Morgan fingerprint density at radius 1 is 1.54 bits per heavy atom. The van der Waals surface area contributed by atoms with Gasteiger partial charge in [-0.1, -0.05) is 15.9 Å². The number of alkyl halides is 1. The Hall–Kier alpha value is -0.130. The Morgan fingerprint density at radius 3 is 2.77 bits per heavy atom. The van der Waals surface area contributed by atoms with Crippen molar-refractivity contribution in [3.05, 3.63) is 0 Å². The molecule has 5 heteroatoms. The van der Waals surface area contributed by atoms with Crippen LogP contribution in [-0.4, -0.2) is 44.2 Å². The third kappa shape index (κ3) is 8.21. The zero-order valence-electron chi connectivity index (χ0n) is 8.01. The highest BCUT2D eigenvalue weighted by Crippen LogP contribution is 1.88. The van der Waals surface area contributed by atoms with E-state index in [9.17, 15) is 4.79 Å². The Balaban J connectivity index is 3.30. The molecule has 1 unspecified atom stereocenters. The van der Waals surface area contributed by atoms with Crippen molar-refractivity contribution in [2.45, 2.75) is 13.0 Å². The molecule has 0 aromatic heterocycles. The third-order valence-corrected chi connectivity index (χ3v) is 2.28. The fourth-order valence-corrected chi connectivity index (χ4v) is 0.824. The summed E-state index contributed by atoms with van der Waals surface area (Å²) in [6, 6.07) is 0.138. The van der Waals surface area contributed by atoms with E-state index in [1.54, 1.807) is 7.11 Å². The molecule has 0 spiro atoms. The van der Waals surface area contributed by atoms with Gasteiger partial charge in [-0.3, -0.25) is 4.79 Å². The second-order valence-corrected chi connectivity index (χ2v) is 3.32. The van der Waals surface area contributed by atoms with E-state index in [2.05, 4.69) is 21.2 Å². The van der Waals surface area contributed by atoms with Gasteiger partial charge in [-0.15, -0.1) is 0 Å². The molecule has 0 aromatic rings. The number of carbonyl (C=O) groups excluding carboxylic acids is 1. The van der Waals surface area contributed by atoms with Crippen LogP contribution in [0.1, 0.15) is 6.92 Å². The van der Waals surface area contributed by atoms with Crippen LogP contribution in [0.25, 0.3) is 0 Å². The molecule has 0 saturated heterocycles. The van der Waals surface area contributed by atoms with E-state index in [0.717, 1.165) is 5.33 Å². The van der Waals surface area contributed by atoms with Crippen LogP contribution in [-0.2, 0) is 14.3 Å². The van der Waals surface area contributed by atoms with Gasteiger partial charge in [-0.25, -0.2) is 0 Å². The minimum atomic E-state index is -0.0944. The molecule has 0 aromatic carbocycles. The molecule has 4 nitrogen and oxygen atoms in total. The van der Waals surface area contributed by atoms with Crippen LogP contribution in [0.5, 0.6) is 0 Å². The molecule has 0 rings (SSSR count). The lowest BCUT2D eigenvalue weighted by Crippen LogP contribution is -2.36. The number of nitrogens with one attached hydrogen (secondary N) is 1. The number of carbonyl (C=O) groups is 1. The smallest absolute Gasteiger partial charge is 0.246 e. The van der Waals surface area contributed by atoms with Crippen LogP contribution in [0.4, 0.5) is 0 Å². The van der Waals surface area contributed by atoms with Gasteiger partial charge in [0.25, 0.3) is 0 Å². The average Bonchev–Trinajstić information content (AvgIpc) is 2.12. The second kappa shape index (κ2) is 8.47. The van der Waals surface area contributed by atoms with Crippen molar-refractivity contribution in [2.24, 2.45) is 0 Å². The largest absolute Gasteiger partial charge is 0.382 e. The topological polar surface area (TPSA) is 47.6 Å². The quantitative estimate of drug-likeness (QED) is 0.533. The predicted octanol–water partition coefficient (Wildman–Crippen LogP) is 0.549. The molecule has 0 aliphatic rings. The molecule has 0 aliphatic carbocycles. The van der Waals surface area contributed by atoms with Gasteiger partial charge in [0.1, 0.15) is 6.61 Å². The van der Waals surface area contributed by atoms with E-state index in [-0.39, 0.29) is 18.6 Å². The molecule has 1 amide bonds. The summed E-state index contributed by atoms with van der Waals surface area (Å²) in [5.41, 5.74) is 0. The SMILES string of the molecule is COCCOCC(=O)NC(C)CBr. The monoisotopic (exact) mass is 253 g/mol. The molecule has 0 saturated carbocycles. The summed E-state index contributed by atoms with van der Waals surface area (Å²) in [5.74, 6) is -0.0944. The van der Waals surface area contributed by atoms with Crippen molar-refractivity contribution in [3.8, 4) is 0 Å². The fourth-order valence-electron chi connectivity index (χ4n) is 0.662. The van der Waals surface area contributed by atoms with Crippen molar-refractivity contribution in [1.82, 2.24) is 5.32 Å². The second-order valence-electron chi connectivity index (χ2n) is 2.67. The van der Waals surface area contributed by atoms with Crippen molar-refractivity contribution >= 4 is 21.8 Å². The highest BCUT2D eigenvalue weighted by molar-refractivity contribution is 9.09. The van der Waals surface area contributed by atoms with E-state index < -0.39 is 0 Å². The zero-order valence-corrected chi connectivity index (χ0v) is 9.59. The summed E-state index contributed by atoms with van der Waals surface area (Å²) in [6.45, 7) is 2.98. The Labute approximate surface area is 87.1 Å². The normalized spacial score (nSPS) is 12.5. The fraction of sp³-hybridized carbons (Fsp3) is 0.875. The van der Waals surface area contributed by atoms with Gasteiger partial charge in [0.15, 0.2) is 0 Å². The lowest BCUT2D eigenvalue weighted by atomic mass is 10.4. The maximum Gasteiger partial charge on any atom is 0.246 e. The standard InChI is InChI=1S/C8H16BrNO3/c1-7(5-9)10-8(11)6-13-4-3-12-2/h7H,3-6H2,1-2H3,(H,10,11). The zero-order chi connectivity index (χ0) is 10.1. The van der Waals surface area contributed by atoms with Gasteiger partial charge in [-0.2, -0.15) is 0 Å². The Morgan fingerprint density at radius 2 is 2.23 bits per heavy atom. The summed E-state index contributed by atoms with van der Waals surface area (Å²) >= 11 is 3.26. The number of halogens is 1. The first-order valence-electron chi connectivity index (χ1n) is 4.12. The van der Waals surface area contributed by atoms with Crippen LogP contribution in [0.2, 0.25) is 0 Å². The summed E-state index contributed by atoms with van der Waals surface area (Å²) < 4.78 is 9.79. The van der Waals surface area contributed by atoms with Crippen LogP contribution >= 0.6 is 15.9 Å². The number of methoxy groups -OCH3 is 1. The lowest BCUT2D eigenvalue weighted by Gasteiger charge is -2.10. The summed E-state index contributed by atoms with van der Waals surface area (Å²) in [5, 5.41) is 3.50. The van der Waals surface area contributed by atoms with E-state index in [1.165, 1.54) is 0 Å².